The fraction of sp³-hybridized carbons (Fsp3) is 0.125. The molecule has 62 valence electrons. The molecule has 0 aliphatic rings. The van der Waals surface area contributed by atoms with Crippen molar-refractivity contribution >= 4 is 11.4 Å². The molecule has 0 atom stereocenters. The number of nitrogen functional groups attached to an aromatic ring is 2. The average molecular weight is 165 g/mol. The van der Waals surface area contributed by atoms with Crippen LogP contribution in [0.3, 0.4) is 0 Å². The van der Waals surface area contributed by atoms with E-state index in [0.29, 0.717) is 5.56 Å². The second kappa shape index (κ2) is 3.09. The van der Waals surface area contributed by atoms with E-state index in [1.54, 1.807) is 0 Å². The van der Waals surface area contributed by atoms with Crippen molar-refractivity contribution < 1.29 is 4.39 Å². The lowest BCUT2D eigenvalue weighted by Gasteiger charge is -2.04. The standard InChI is InChI=1S/C8H8FN3/c9-6-3-5(1-2-10)8(12)7(11)4-6/h3-4H,1,11-12H2. The first kappa shape index (κ1) is 8.34. The van der Waals surface area contributed by atoms with Gasteiger partial charge in [-0.15, -0.1) is 0 Å². The fourth-order valence-corrected chi connectivity index (χ4v) is 0.929. The van der Waals surface area contributed by atoms with Gasteiger partial charge in [-0.25, -0.2) is 4.39 Å². The highest BCUT2D eigenvalue weighted by molar-refractivity contribution is 5.67. The molecular weight excluding hydrogens is 157 g/mol. The van der Waals surface area contributed by atoms with Crippen LogP contribution in [0.15, 0.2) is 12.1 Å². The lowest BCUT2D eigenvalue weighted by molar-refractivity contribution is 0.627. The first-order valence-corrected chi connectivity index (χ1v) is 3.35. The Hall–Kier alpha value is -1.76. The van der Waals surface area contributed by atoms with Gasteiger partial charge in [-0.1, -0.05) is 0 Å². The Kier molecular flexibility index (Phi) is 2.15. The van der Waals surface area contributed by atoms with Gasteiger partial charge in [-0.05, 0) is 17.7 Å². The van der Waals surface area contributed by atoms with Crippen LogP contribution in [0.1, 0.15) is 5.56 Å². The molecule has 0 bridgehead atoms. The highest BCUT2D eigenvalue weighted by Gasteiger charge is 2.04. The normalized spacial score (nSPS) is 9.33. The number of nitrogens with zero attached hydrogens (tertiary/aromatic N) is 1. The maximum Gasteiger partial charge on any atom is 0.125 e. The summed E-state index contributed by atoms with van der Waals surface area (Å²) >= 11 is 0. The smallest absolute Gasteiger partial charge is 0.125 e. The summed E-state index contributed by atoms with van der Waals surface area (Å²) in [6, 6.07) is 4.23. The Balaban J connectivity index is 3.20. The van der Waals surface area contributed by atoms with E-state index in [9.17, 15) is 4.39 Å². The van der Waals surface area contributed by atoms with Crippen LogP contribution in [0.25, 0.3) is 0 Å². The van der Waals surface area contributed by atoms with Crippen LogP contribution in [-0.2, 0) is 6.42 Å². The van der Waals surface area contributed by atoms with Crippen LogP contribution in [-0.4, -0.2) is 0 Å². The number of benzene rings is 1. The summed E-state index contributed by atoms with van der Waals surface area (Å²) in [6.07, 6.45) is 0.0772. The van der Waals surface area contributed by atoms with E-state index in [2.05, 4.69) is 0 Å². The van der Waals surface area contributed by atoms with Gasteiger partial charge in [-0.3, -0.25) is 0 Å². The third kappa shape index (κ3) is 1.45. The lowest BCUT2D eigenvalue weighted by atomic mass is 10.1. The van der Waals surface area contributed by atoms with Crippen molar-refractivity contribution in [3.63, 3.8) is 0 Å². The summed E-state index contributed by atoms with van der Waals surface area (Å²) in [4.78, 5) is 0. The van der Waals surface area contributed by atoms with Crippen molar-refractivity contribution in [2.45, 2.75) is 6.42 Å². The third-order valence-corrected chi connectivity index (χ3v) is 1.53. The molecule has 1 rings (SSSR count). The molecule has 0 saturated carbocycles. The van der Waals surface area contributed by atoms with Crippen LogP contribution < -0.4 is 11.5 Å². The highest BCUT2D eigenvalue weighted by Crippen LogP contribution is 2.21. The van der Waals surface area contributed by atoms with Gasteiger partial charge in [0, 0.05) is 0 Å². The predicted molar refractivity (Wildman–Crippen MR) is 44.5 cm³/mol. The first-order valence-electron chi connectivity index (χ1n) is 3.35. The minimum atomic E-state index is -0.466. The minimum Gasteiger partial charge on any atom is -0.397 e. The van der Waals surface area contributed by atoms with Gasteiger partial charge in [0.1, 0.15) is 5.82 Å². The summed E-state index contributed by atoms with van der Waals surface area (Å²) < 4.78 is 12.7. The lowest BCUT2D eigenvalue weighted by Crippen LogP contribution is -2.00. The summed E-state index contributed by atoms with van der Waals surface area (Å²) in [6.45, 7) is 0. The topological polar surface area (TPSA) is 75.8 Å². The van der Waals surface area contributed by atoms with Gasteiger partial charge in [0.05, 0.1) is 23.9 Å². The van der Waals surface area contributed by atoms with Gasteiger partial charge in [0.2, 0.25) is 0 Å². The molecule has 1 aromatic rings. The van der Waals surface area contributed by atoms with Crippen molar-refractivity contribution in [2.75, 3.05) is 11.5 Å². The highest BCUT2D eigenvalue weighted by atomic mass is 19.1. The molecule has 0 aliphatic carbocycles. The minimum absolute atomic E-state index is 0.0772. The average Bonchev–Trinajstić information content (AvgIpc) is 2.00. The molecule has 0 aromatic heterocycles. The van der Waals surface area contributed by atoms with Gasteiger partial charge in [-0.2, -0.15) is 5.26 Å². The van der Waals surface area contributed by atoms with Crippen LogP contribution in [0, 0.1) is 17.1 Å². The molecule has 0 fully saturated rings. The van der Waals surface area contributed by atoms with Gasteiger partial charge >= 0.3 is 0 Å². The molecule has 0 unspecified atom stereocenters. The van der Waals surface area contributed by atoms with Gasteiger partial charge in [0.15, 0.2) is 0 Å². The predicted octanol–water partition coefficient (Wildman–Crippen LogP) is 1.06. The Morgan fingerprint density at radius 1 is 1.42 bits per heavy atom. The largest absolute Gasteiger partial charge is 0.397 e. The Labute approximate surface area is 69.4 Å². The monoisotopic (exact) mass is 165 g/mol. The number of hydrogen-bond donors (Lipinski definition) is 2. The molecule has 12 heavy (non-hydrogen) atoms. The van der Waals surface area contributed by atoms with Crippen LogP contribution in [0.2, 0.25) is 0 Å². The van der Waals surface area contributed by atoms with Crippen LogP contribution in [0.5, 0.6) is 0 Å². The molecular formula is C8H8FN3. The Morgan fingerprint density at radius 2 is 2.08 bits per heavy atom. The molecule has 0 radical (unpaired) electrons. The Bertz CT molecular complexity index is 341. The number of hydrogen-bond acceptors (Lipinski definition) is 3. The summed E-state index contributed by atoms with van der Waals surface area (Å²) in [5.74, 6) is -0.466. The molecule has 0 aliphatic heterocycles. The zero-order valence-electron chi connectivity index (χ0n) is 6.34. The number of nitrogens with two attached hydrogens (primary N) is 2. The van der Waals surface area contributed by atoms with Crippen molar-refractivity contribution in [1.29, 1.82) is 5.26 Å². The van der Waals surface area contributed by atoms with Gasteiger partial charge in [0.25, 0.3) is 0 Å². The van der Waals surface area contributed by atoms with E-state index >= 15 is 0 Å². The third-order valence-electron chi connectivity index (χ3n) is 1.53. The van der Waals surface area contributed by atoms with Crippen LogP contribution in [0.4, 0.5) is 15.8 Å². The summed E-state index contributed by atoms with van der Waals surface area (Å²) in [5, 5.41) is 8.36. The summed E-state index contributed by atoms with van der Waals surface area (Å²) in [7, 11) is 0. The number of halogens is 1. The molecule has 0 amide bonds. The van der Waals surface area contributed by atoms with E-state index < -0.39 is 5.82 Å². The number of anilines is 2. The molecule has 1 aromatic carbocycles. The van der Waals surface area contributed by atoms with E-state index in [1.807, 2.05) is 6.07 Å². The molecule has 0 spiro atoms. The first-order chi connectivity index (χ1) is 5.65. The second-order valence-corrected chi connectivity index (χ2v) is 2.40. The molecule has 0 saturated heterocycles. The van der Waals surface area contributed by atoms with E-state index in [4.69, 9.17) is 16.7 Å². The second-order valence-electron chi connectivity index (χ2n) is 2.40. The van der Waals surface area contributed by atoms with Crippen LogP contribution >= 0.6 is 0 Å². The van der Waals surface area contributed by atoms with Crippen molar-refractivity contribution in [3.8, 4) is 6.07 Å². The molecule has 4 N–H and O–H groups in total. The van der Waals surface area contributed by atoms with E-state index in [0.717, 1.165) is 6.07 Å². The maximum absolute atomic E-state index is 12.7. The Morgan fingerprint density at radius 3 is 2.67 bits per heavy atom. The molecule has 0 heterocycles. The van der Waals surface area contributed by atoms with E-state index in [-0.39, 0.29) is 17.8 Å². The van der Waals surface area contributed by atoms with Crippen molar-refractivity contribution in [2.24, 2.45) is 0 Å². The quantitative estimate of drug-likeness (QED) is 0.611. The van der Waals surface area contributed by atoms with Crippen molar-refractivity contribution in [3.05, 3.63) is 23.5 Å². The van der Waals surface area contributed by atoms with Crippen molar-refractivity contribution in [1.82, 2.24) is 0 Å². The molecule has 4 heteroatoms. The zero-order valence-corrected chi connectivity index (χ0v) is 6.34. The molecule has 3 nitrogen and oxygen atoms in total. The van der Waals surface area contributed by atoms with Gasteiger partial charge < -0.3 is 11.5 Å². The van der Waals surface area contributed by atoms with E-state index in [1.165, 1.54) is 6.07 Å². The maximum atomic E-state index is 12.7. The SMILES string of the molecule is N#CCc1cc(F)cc(N)c1N. The number of nitriles is 1. The summed E-state index contributed by atoms with van der Waals surface area (Å²) in [5.41, 5.74) is 11.8. The fourth-order valence-electron chi connectivity index (χ4n) is 0.929. The zero-order chi connectivity index (χ0) is 9.14. The number of rotatable bonds is 1.